The first-order chi connectivity index (χ1) is 9.42. The molecule has 8 heteroatoms. The summed E-state index contributed by atoms with van der Waals surface area (Å²) in [5.41, 5.74) is -1.01. The number of hydrogen-bond acceptors (Lipinski definition) is 4. The van der Waals surface area contributed by atoms with Crippen molar-refractivity contribution in [2.45, 2.75) is 30.6 Å². The summed E-state index contributed by atoms with van der Waals surface area (Å²) in [6.07, 6.45) is 4.03. The third-order valence-electron chi connectivity index (χ3n) is 3.49. The molecule has 0 heterocycles. The highest BCUT2D eigenvalue weighted by atomic mass is 32.2. The van der Waals surface area contributed by atoms with Crippen molar-refractivity contribution in [2.75, 3.05) is 6.54 Å². The van der Waals surface area contributed by atoms with Crippen molar-refractivity contribution < 1.29 is 17.7 Å². The minimum atomic E-state index is -4.07. The Morgan fingerprint density at radius 1 is 1.40 bits per heavy atom. The van der Waals surface area contributed by atoms with E-state index >= 15 is 0 Å². The van der Waals surface area contributed by atoms with Crippen LogP contribution in [0, 0.1) is 21.8 Å². The molecule has 6 nitrogen and oxygen atoms in total. The van der Waals surface area contributed by atoms with Crippen LogP contribution < -0.4 is 4.72 Å². The van der Waals surface area contributed by atoms with Gasteiger partial charge in [0.2, 0.25) is 15.8 Å². The summed E-state index contributed by atoms with van der Waals surface area (Å²) < 4.78 is 39.7. The maximum absolute atomic E-state index is 13.4. The quantitative estimate of drug-likeness (QED) is 0.644. The van der Waals surface area contributed by atoms with Gasteiger partial charge in [0.25, 0.3) is 0 Å². The molecule has 0 aromatic heterocycles. The summed E-state index contributed by atoms with van der Waals surface area (Å²) >= 11 is 0. The summed E-state index contributed by atoms with van der Waals surface area (Å²) in [6, 6.07) is 3.04. The van der Waals surface area contributed by atoms with E-state index in [-0.39, 0.29) is 6.54 Å². The Bertz CT molecular complexity index is 614. The molecule has 1 aromatic carbocycles. The molecular formula is C12H15FN2O4S. The molecule has 2 rings (SSSR count). The molecule has 20 heavy (non-hydrogen) atoms. The first kappa shape index (κ1) is 14.9. The van der Waals surface area contributed by atoms with Gasteiger partial charge < -0.3 is 0 Å². The van der Waals surface area contributed by atoms with Gasteiger partial charge >= 0.3 is 5.69 Å². The molecule has 0 saturated heterocycles. The fourth-order valence-electron chi connectivity index (χ4n) is 2.15. The van der Waals surface area contributed by atoms with Gasteiger partial charge in [0, 0.05) is 6.54 Å². The van der Waals surface area contributed by atoms with Gasteiger partial charge in [-0.25, -0.2) is 13.1 Å². The smallest absolute Gasteiger partial charge is 0.258 e. The largest absolute Gasteiger partial charge is 0.324 e. The molecule has 0 aliphatic heterocycles. The Morgan fingerprint density at radius 2 is 2.10 bits per heavy atom. The summed E-state index contributed by atoms with van der Waals surface area (Å²) in [4.78, 5) is 9.15. The van der Waals surface area contributed by atoms with Crippen molar-refractivity contribution in [1.82, 2.24) is 4.72 Å². The Morgan fingerprint density at radius 3 is 2.65 bits per heavy atom. The molecule has 1 saturated carbocycles. The minimum Gasteiger partial charge on any atom is -0.258 e. The summed E-state index contributed by atoms with van der Waals surface area (Å²) in [7, 11) is -4.07. The number of nitrogens with zero attached hydrogens (tertiary/aromatic N) is 1. The molecule has 1 N–H and O–H groups in total. The fourth-order valence-corrected chi connectivity index (χ4v) is 3.37. The normalized spacial score (nSPS) is 15.8. The second kappa shape index (κ2) is 5.84. The molecule has 0 atom stereocenters. The first-order valence-corrected chi connectivity index (χ1v) is 7.82. The predicted molar refractivity (Wildman–Crippen MR) is 70.2 cm³/mol. The topological polar surface area (TPSA) is 89.3 Å². The van der Waals surface area contributed by atoms with E-state index in [2.05, 4.69) is 4.72 Å². The van der Waals surface area contributed by atoms with Gasteiger partial charge in [0.1, 0.15) is 0 Å². The van der Waals surface area contributed by atoms with E-state index in [0.29, 0.717) is 12.3 Å². The number of sulfonamides is 1. The molecule has 0 unspecified atom stereocenters. The Kier molecular flexibility index (Phi) is 4.34. The second-order valence-electron chi connectivity index (χ2n) is 4.83. The van der Waals surface area contributed by atoms with E-state index in [1.807, 2.05) is 0 Å². The Balaban J connectivity index is 2.16. The number of para-hydroxylation sites is 1. The van der Waals surface area contributed by atoms with Gasteiger partial charge in [-0.2, -0.15) is 4.39 Å². The lowest BCUT2D eigenvalue weighted by molar-refractivity contribution is -0.390. The van der Waals surface area contributed by atoms with E-state index in [1.165, 1.54) is 0 Å². The molecule has 0 amide bonds. The van der Waals surface area contributed by atoms with Gasteiger partial charge in [0.05, 0.1) is 4.92 Å². The average Bonchev–Trinajstić information content (AvgIpc) is 2.31. The molecule has 110 valence electrons. The summed E-state index contributed by atoms with van der Waals surface area (Å²) in [6.45, 7) is 0.209. The van der Waals surface area contributed by atoms with Crippen LogP contribution in [0.25, 0.3) is 0 Å². The van der Waals surface area contributed by atoms with Crippen molar-refractivity contribution in [2.24, 2.45) is 5.92 Å². The van der Waals surface area contributed by atoms with Crippen LogP contribution in [0.3, 0.4) is 0 Å². The number of nitro groups is 1. The predicted octanol–water partition coefficient (Wildman–Crippen LogP) is 2.20. The zero-order valence-corrected chi connectivity index (χ0v) is 11.5. The molecule has 1 fully saturated rings. The number of hydrogen-bond donors (Lipinski definition) is 1. The van der Waals surface area contributed by atoms with Crippen molar-refractivity contribution >= 4 is 15.7 Å². The summed E-state index contributed by atoms with van der Waals surface area (Å²) in [5.74, 6) is -0.642. The molecule has 1 aromatic rings. The van der Waals surface area contributed by atoms with Crippen LogP contribution in [0.4, 0.5) is 10.1 Å². The van der Waals surface area contributed by atoms with Crippen LogP contribution in [0.5, 0.6) is 0 Å². The second-order valence-corrected chi connectivity index (χ2v) is 6.56. The van der Waals surface area contributed by atoms with E-state index in [4.69, 9.17) is 0 Å². The van der Waals surface area contributed by atoms with E-state index < -0.39 is 31.3 Å². The van der Waals surface area contributed by atoms with Crippen LogP contribution in [-0.2, 0) is 10.0 Å². The Hall–Kier alpha value is -1.54. The fraction of sp³-hybridized carbons (Fsp3) is 0.500. The monoisotopic (exact) mass is 302 g/mol. The third kappa shape index (κ3) is 3.13. The molecule has 0 radical (unpaired) electrons. The molecule has 1 aliphatic carbocycles. The molecule has 0 bridgehead atoms. The Labute approximate surface area is 116 Å². The summed E-state index contributed by atoms with van der Waals surface area (Å²) in [5, 5.41) is 10.8. The third-order valence-corrected chi connectivity index (χ3v) is 4.98. The van der Waals surface area contributed by atoms with Gasteiger partial charge in [-0.15, -0.1) is 0 Å². The van der Waals surface area contributed by atoms with Crippen molar-refractivity contribution in [3.63, 3.8) is 0 Å². The van der Waals surface area contributed by atoms with Crippen LogP contribution in [0.2, 0.25) is 0 Å². The highest BCUT2D eigenvalue weighted by Crippen LogP contribution is 2.29. The van der Waals surface area contributed by atoms with E-state index in [9.17, 15) is 22.9 Å². The first-order valence-electron chi connectivity index (χ1n) is 6.34. The number of nitro benzene ring substituents is 1. The molecule has 0 spiro atoms. The van der Waals surface area contributed by atoms with Gasteiger partial charge in [-0.05, 0) is 24.5 Å². The highest BCUT2D eigenvalue weighted by molar-refractivity contribution is 7.89. The van der Waals surface area contributed by atoms with Crippen LogP contribution in [0.15, 0.2) is 23.1 Å². The van der Waals surface area contributed by atoms with Crippen molar-refractivity contribution in [3.05, 3.63) is 34.1 Å². The van der Waals surface area contributed by atoms with Crippen molar-refractivity contribution in [1.29, 1.82) is 0 Å². The average molecular weight is 302 g/mol. The number of nitrogens with one attached hydrogen (secondary N) is 1. The van der Waals surface area contributed by atoms with Crippen LogP contribution in [0.1, 0.15) is 25.7 Å². The number of halogens is 1. The van der Waals surface area contributed by atoms with E-state index in [0.717, 1.165) is 37.5 Å². The number of rotatable bonds is 6. The van der Waals surface area contributed by atoms with Gasteiger partial charge in [-0.1, -0.05) is 25.3 Å². The number of benzene rings is 1. The maximum atomic E-state index is 13.4. The van der Waals surface area contributed by atoms with Crippen LogP contribution >= 0.6 is 0 Å². The van der Waals surface area contributed by atoms with Gasteiger partial charge in [0.15, 0.2) is 4.90 Å². The SMILES string of the molecule is O=[N+]([O-])c1c(F)cccc1S(=O)(=O)NCCC1CCC1. The maximum Gasteiger partial charge on any atom is 0.324 e. The minimum absolute atomic E-state index is 0.209. The lowest BCUT2D eigenvalue weighted by atomic mass is 9.83. The highest BCUT2D eigenvalue weighted by Gasteiger charge is 2.29. The van der Waals surface area contributed by atoms with Crippen molar-refractivity contribution in [3.8, 4) is 0 Å². The zero-order valence-electron chi connectivity index (χ0n) is 10.7. The van der Waals surface area contributed by atoms with Gasteiger partial charge in [-0.3, -0.25) is 10.1 Å². The van der Waals surface area contributed by atoms with Crippen LogP contribution in [-0.4, -0.2) is 19.9 Å². The zero-order chi connectivity index (χ0) is 14.8. The lowest BCUT2D eigenvalue weighted by Crippen LogP contribution is -2.28. The van der Waals surface area contributed by atoms with E-state index in [1.54, 1.807) is 0 Å². The standard InChI is InChI=1S/C12H15FN2O4S/c13-10-5-2-6-11(12(10)15(16)17)20(18,19)14-8-7-9-3-1-4-9/h2,5-6,9,14H,1,3-4,7-8H2. The lowest BCUT2D eigenvalue weighted by Gasteiger charge is -2.25. The molecular weight excluding hydrogens is 287 g/mol. The molecule has 1 aliphatic rings.